The number of fused-ring (bicyclic) bond motifs is 1. The maximum absolute atomic E-state index is 10.2. The highest BCUT2D eigenvalue weighted by Gasteiger charge is 2.21. The van der Waals surface area contributed by atoms with E-state index in [9.17, 15) is 15.3 Å². The summed E-state index contributed by atoms with van der Waals surface area (Å²) in [6.45, 7) is 0. The monoisotopic (exact) mass is 398 g/mol. The van der Waals surface area contributed by atoms with E-state index >= 15 is 0 Å². The topological polar surface area (TPSA) is 60.7 Å². The number of hydrogen-bond donors (Lipinski definition) is 3. The molecule has 3 aromatic rings. The van der Waals surface area contributed by atoms with Crippen LogP contribution >= 0.6 is 39.1 Å². The van der Waals surface area contributed by atoms with Crippen molar-refractivity contribution >= 4 is 49.9 Å². The third-order valence-corrected chi connectivity index (χ3v) is 4.53. The first-order chi connectivity index (χ1) is 10.4. The van der Waals surface area contributed by atoms with Gasteiger partial charge < -0.3 is 15.3 Å². The SMILES string of the molecule is Oc1cc(Cl)c(O)c(Cl)c1-c1c(O)ccc2cc(Br)ccc12. The van der Waals surface area contributed by atoms with Crippen LogP contribution in [0.15, 0.2) is 40.9 Å². The summed E-state index contributed by atoms with van der Waals surface area (Å²) in [7, 11) is 0. The molecule has 3 nitrogen and oxygen atoms in total. The van der Waals surface area contributed by atoms with Crippen molar-refractivity contribution in [3.05, 3.63) is 50.9 Å². The van der Waals surface area contributed by atoms with Crippen LogP contribution in [0.25, 0.3) is 21.9 Å². The van der Waals surface area contributed by atoms with Gasteiger partial charge in [0.15, 0.2) is 5.75 Å². The highest BCUT2D eigenvalue weighted by atomic mass is 79.9. The van der Waals surface area contributed by atoms with Crippen molar-refractivity contribution in [1.29, 1.82) is 0 Å². The zero-order valence-electron chi connectivity index (χ0n) is 10.9. The van der Waals surface area contributed by atoms with E-state index in [-0.39, 0.29) is 32.9 Å². The molecule has 112 valence electrons. The van der Waals surface area contributed by atoms with Crippen LogP contribution in [0.4, 0.5) is 0 Å². The lowest BCUT2D eigenvalue weighted by atomic mass is 9.96. The molecule has 3 N–H and O–H groups in total. The molecule has 0 aliphatic rings. The normalized spacial score (nSPS) is 11.0. The molecule has 0 saturated carbocycles. The summed E-state index contributed by atoms with van der Waals surface area (Å²) in [6.07, 6.45) is 0. The number of phenolic OH excluding ortho intramolecular Hbond substituents is 3. The largest absolute Gasteiger partial charge is 0.507 e. The molecule has 6 heteroatoms. The van der Waals surface area contributed by atoms with Crippen LogP contribution in [-0.4, -0.2) is 15.3 Å². The van der Waals surface area contributed by atoms with Gasteiger partial charge in [-0.15, -0.1) is 0 Å². The van der Waals surface area contributed by atoms with E-state index in [1.165, 1.54) is 12.1 Å². The first-order valence-electron chi connectivity index (χ1n) is 6.21. The molecule has 0 atom stereocenters. The Hall–Kier alpha value is -1.62. The number of phenols is 3. The molecule has 0 bridgehead atoms. The average molecular weight is 400 g/mol. The molecule has 0 aliphatic carbocycles. The second-order valence-electron chi connectivity index (χ2n) is 4.74. The predicted octanol–water partition coefficient (Wildman–Crippen LogP) is 5.69. The quantitative estimate of drug-likeness (QED) is 0.460. The molecule has 3 aromatic carbocycles. The summed E-state index contributed by atoms with van der Waals surface area (Å²) >= 11 is 15.3. The maximum atomic E-state index is 10.2. The van der Waals surface area contributed by atoms with E-state index in [4.69, 9.17) is 23.2 Å². The Bertz CT molecular complexity index is 910. The van der Waals surface area contributed by atoms with Crippen LogP contribution < -0.4 is 0 Å². The van der Waals surface area contributed by atoms with E-state index in [2.05, 4.69) is 15.9 Å². The third kappa shape index (κ3) is 2.37. The van der Waals surface area contributed by atoms with Gasteiger partial charge in [0, 0.05) is 16.1 Å². The third-order valence-electron chi connectivity index (χ3n) is 3.38. The van der Waals surface area contributed by atoms with Crippen LogP contribution in [-0.2, 0) is 0 Å². The van der Waals surface area contributed by atoms with Gasteiger partial charge in [0.2, 0.25) is 0 Å². The van der Waals surface area contributed by atoms with Gasteiger partial charge in [-0.05, 0) is 29.0 Å². The Balaban J connectivity index is 2.46. The lowest BCUT2D eigenvalue weighted by Gasteiger charge is -2.14. The van der Waals surface area contributed by atoms with Crippen molar-refractivity contribution in [3.8, 4) is 28.4 Å². The van der Waals surface area contributed by atoms with Crippen LogP contribution in [0.2, 0.25) is 10.0 Å². The highest BCUT2D eigenvalue weighted by Crippen LogP contribution is 2.49. The molecule has 0 spiro atoms. The van der Waals surface area contributed by atoms with Gasteiger partial charge >= 0.3 is 0 Å². The van der Waals surface area contributed by atoms with Crippen LogP contribution in [0.1, 0.15) is 0 Å². The van der Waals surface area contributed by atoms with Gasteiger partial charge in [0.1, 0.15) is 11.5 Å². The Labute approximate surface area is 144 Å². The fraction of sp³-hybridized carbons (Fsp3) is 0. The average Bonchev–Trinajstić information content (AvgIpc) is 2.47. The van der Waals surface area contributed by atoms with E-state index < -0.39 is 0 Å². The molecule has 22 heavy (non-hydrogen) atoms. The maximum Gasteiger partial charge on any atom is 0.153 e. The summed E-state index contributed by atoms with van der Waals surface area (Å²) < 4.78 is 0.880. The molecular weight excluding hydrogens is 391 g/mol. The first kappa shape index (κ1) is 15.3. The summed E-state index contributed by atoms with van der Waals surface area (Å²) in [5.41, 5.74) is 0.466. The molecule has 3 rings (SSSR count). The summed E-state index contributed by atoms with van der Waals surface area (Å²) in [4.78, 5) is 0. The van der Waals surface area contributed by atoms with Crippen molar-refractivity contribution in [2.24, 2.45) is 0 Å². The number of benzene rings is 3. The minimum absolute atomic E-state index is 0.0613. The molecule has 0 saturated heterocycles. The fourth-order valence-corrected chi connectivity index (χ4v) is 3.30. The summed E-state index contributed by atoms with van der Waals surface area (Å²) in [5, 5.41) is 31.7. The van der Waals surface area contributed by atoms with E-state index in [0.29, 0.717) is 10.9 Å². The van der Waals surface area contributed by atoms with Crippen LogP contribution in [0.3, 0.4) is 0 Å². The number of rotatable bonds is 1. The minimum atomic E-state index is -0.343. The Morgan fingerprint density at radius 1 is 0.818 bits per heavy atom. The van der Waals surface area contributed by atoms with Gasteiger partial charge in [-0.2, -0.15) is 0 Å². The van der Waals surface area contributed by atoms with Gasteiger partial charge in [-0.3, -0.25) is 0 Å². The summed E-state index contributed by atoms with van der Waals surface area (Å²) in [5.74, 6) is -0.628. The van der Waals surface area contributed by atoms with Crippen molar-refractivity contribution in [1.82, 2.24) is 0 Å². The molecule has 0 unspecified atom stereocenters. The standard InChI is InChI=1S/C16H9BrCl2O3/c17-8-2-3-9-7(5-8)1-4-11(20)13(9)14-12(21)6-10(18)16(22)15(14)19/h1-6,20-22H. The fourth-order valence-electron chi connectivity index (χ4n) is 2.39. The number of hydrogen-bond acceptors (Lipinski definition) is 3. The molecule has 0 aromatic heterocycles. The zero-order valence-corrected chi connectivity index (χ0v) is 14.0. The minimum Gasteiger partial charge on any atom is -0.507 e. The van der Waals surface area contributed by atoms with Gasteiger partial charge in [-0.25, -0.2) is 0 Å². The Kier molecular flexibility index (Phi) is 3.85. The molecule has 0 heterocycles. The van der Waals surface area contributed by atoms with Gasteiger partial charge in [-0.1, -0.05) is 51.3 Å². The van der Waals surface area contributed by atoms with Crippen LogP contribution in [0, 0.1) is 0 Å². The van der Waals surface area contributed by atoms with Crippen molar-refractivity contribution in [2.45, 2.75) is 0 Å². The zero-order chi connectivity index (χ0) is 16.0. The van der Waals surface area contributed by atoms with Crippen molar-refractivity contribution in [3.63, 3.8) is 0 Å². The molecule has 0 aliphatic heterocycles. The van der Waals surface area contributed by atoms with Crippen molar-refractivity contribution in [2.75, 3.05) is 0 Å². The Morgan fingerprint density at radius 3 is 2.27 bits per heavy atom. The molecule has 0 amide bonds. The highest BCUT2D eigenvalue weighted by molar-refractivity contribution is 9.10. The molecular formula is C16H9BrCl2O3. The second-order valence-corrected chi connectivity index (χ2v) is 6.44. The van der Waals surface area contributed by atoms with Gasteiger partial charge in [0.25, 0.3) is 0 Å². The Morgan fingerprint density at radius 2 is 1.55 bits per heavy atom. The van der Waals surface area contributed by atoms with E-state index in [1.54, 1.807) is 12.1 Å². The number of halogens is 3. The second kappa shape index (κ2) is 5.54. The smallest absolute Gasteiger partial charge is 0.153 e. The summed E-state index contributed by atoms with van der Waals surface area (Å²) in [6, 6.07) is 9.92. The molecule has 0 fully saturated rings. The first-order valence-corrected chi connectivity index (χ1v) is 7.76. The lowest BCUT2D eigenvalue weighted by molar-refractivity contribution is 0.460. The predicted molar refractivity (Wildman–Crippen MR) is 92.1 cm³/mol. The molecule has 0 radical (unpaired) electrons. The van der Waals surface area contributed by atoms with Crippen molar-refractivity contribution < 1.29 is 15.3 Å². The van der Waals surface area contributed by atoms with Crippen LogP contribution in [0.5, 0.6) is 17.2 Å². The lowest BCUT2D eigenvalue weighted by Crippen LogP contribution is -1.87. The van der Waals surface area contributed by atoms with E-state index in [0.717, 1.165) is 9.86 Å². The van der Waals surface area contributed by atoms with Gasteiger partial charge in [0.05, 0.1) is 15.6 Å². The number of aromatic hydroxyl groups is 3. The van der Waals surface area contributed by atoms with E-state index in [1.807, 2.05) is 12.1 Å².